The van der Waals surface area contributed by atoms with Gasteiger partial charge in [-0.1, -0.05) is 12.1 Å². The van der Waals surface area contributed by atoms with E-state index in [0.717, 1.165) is 22.6 Å². The Balaban J connectivity index is 1.70. The number of amides is 1. The van der Waals surface area contributed by atoms with Crippen LogP contribution in [0.3, 0.4) is 0 Å². The smallest absolute Gasteiger partial charge is 0.274 e. The second-order valence-electron chi connectivity index (χ2n) is 5.49. The third-order valence-electron chi connectivity index (χ3n) is 3.56. The highest BCUT2D eigenvalue weighted by molar-refractivity contribution is 6.03. The SMILES string of the molecule is Cc1ccc(C)c(NC(=O)c2cc(NCc3ccco3)ncn2)c1. The molecule has 6 nitrogen and oxygen atoms in total. The Morgan fingerprint density at radius 3 is 2.83 bits per heavy atom. The number of carbonyl (C=O) groups is 1. The molecule has 0 atom stereocenters. The highest BCUT2D eigenvalue weighted by Crippen LogP contribution is 2.17. The molecule has 1 aromatic carbocycles. The summed E-state index contributed by atoms with van der Waals surface area (Å²) in [4.78, 5) is 20.6. The highest BCUT2D eigenvalue weighted by Gasteiger charge is 2.11. The van der Waals surface area contributed by atoms with Crippen molar-refractivity contribution in [1.29, 1.82) is 0 Å². The zero-order chi connectivity index (χ0) is 16.9. The average molecular weight is 322 g/mol. The van der Waals surface area contributed by atoms with E-state index in [2.05, 4.69) is 20.6 Å². The van der Waals surface area contributed by atoms with Gasteiger partial charge in [0.05, 0.1) is 12.8 Å². The summed E-state index contributed by atoms with van der Waals surface area (Å²) in [6.45, 7) is 4.42. The number of hydrogen-bond acceptors (Lipinski definition) is 5. The topological polar surface area (TPSA) is 80.0 Å². The third kappa shape index (κ3) is 3.78. The van der Waals surface area contributed by atoms with Gasteiger partial charge in [0.25, 0.3) is 5.91 Å². The predicted octanol–water partition coefficient (Wildman–Crippen LogP) is 3.55. The maximum Gasteiger partial charge on any atom is 0.274 e. The molecular weight excluding hydrogens is 304 g/mol. The minimum absolute atomic E-state index is 0.271. The molecule has 0 bridgehead atoms. The van der Waals surface area contributed by atoms with Crippen molar-refractivity contribution in [3.63, 3.8) is 0 Å². The molecule has 3 rings (SSSR count). The van der Waals surface area contributed by atoms with Crippen molar-refractivity contribution in [3.8, 4) is 0 Å². The first-order valence-corrected chi connectivity index (χ1v) is 7.59. The number of nitrogens with zero attached hydrogens (tertiary/aromatic N) is 2. The number of carbonyl (C=O) groups excluding carboxylic acids is 1. The van der Waals surface area contributed by atoms with E-state index in [1.807, 2.05) is 44.2 Å². The Morgan fingerprint density at radius 2 is 2.04 bits per heavy atom. The van der Waals surface area contributed by atoms with Crippen LogP contribution in [0.15, 0.2) is 53.4 Å². The molecule has 2 heterocycles. The Hall–Kier alpha value is -3.15. The van der Waals surface area contributed by atoms with Crippen molar-refractivity contribution in [2.45, 2.75) is 20.4 Å². The molecule has 1 amide bonds. The lowest BCUT2D eigenvalue weighted by Crippen LogP contribution is -2.15. The number of furan rings is 1. The number of rotatable bonds is 5. The van der Waals surface area contributed by atoms with E-state index < -0.39 is 0 Å². The monoisotopic (exact) mass is 322 g/mol. The van der Waals surface area contributed by atoms with Crippen molar-refractivity contribution in [2.75, 3.05) is 10.6 Å². The van der Waals surface area contributed by atoms with Gasteiger partial charge in [0.2, 0.25) is 0 Å². The van der Waals surface area contributed by atoms with Crippen LogP contribution in [0.1, 0.15) is 27.4 Å². The van der Waals surface area contributed by atoms with Gasteiger partial charge in [-0.3, -0.25) is 4.79 Å². The molecule has 6 heteroatoms. The van der Waals surface area contributed by atoms with Crippen molar-refractivity contribution in [1.82, 2.24) is 9.97 Å². The van der Waals surface area contributed by atoms with Gasteiger partial charge in [0.15, 0.2) is 0 Å². The highest BCUT2D eigenvalue weighted by atomic mass is 16.3. The zero-order valence-electron chi connectivity index (χ0n) is 13.5. The van der Waals surface area contributed by atoms with Gasteiger partial charge in [0, 0.05) is 11.8 Å². The number of hydrogen-bond donors (Lipinski definition) is 2. The molecule has 3 aromatic rings. The van der Waals surface area contributed by atoms with Crippen LogP contribution < -0.4 is 10.6 Å². The van der Waals surface area contributed by atoms with E-state index in [1.165, 1.54) is 6.33 Å². The standard InChI is InChI=1S/C18H18N4O2/c1-12-5-6-13(2)15(8-12)22-18(23)16-9-17(21-11-20-16)19-10-14-4-3-7-24-14/h3-9,11H,10H2,1-2H3,(H,22,23)(H,19,20,21). The largest absolute Gasteiger partial charge is 0.467 e. The molecule has 2 aromatic heterocycles. The maximum atomic E-state index is 12.4. The Morgan fingerprint density at radius 1 is 1.17 bits per heavy atom. The average Bonchev–Trinajstić information content (AvgIpc) is 3.10. The Labute approximate surface area is 140 Å². The molecule has 0 aliphatic carbocycles. The van der Waals surface area contributed by atoms with Gasteiger partial charge in [-0.05, 0) is 43.2 Å². The minimum atomic E-state index is -0.271. The molecule has 2 N–H and O–H groups in total. The van der Waals surface area contributed by atoms with Gasteiger partial charge in [-0.2, -0.15) is 0 Å². The first-order valence-electron chi connectivity index (χ1n) is 7.59. The third-order valence-corrected chi connectivity index (χ3v) is 3.56. The van der Waals surface area contributed by atoms with Crippen molar-refractivity contribution in [2.24, 2.45) is 0 Å². The van der Waals surface area contributed by atoms with E-state index in [1.54, 1.807) is 12.3 Å². The summed E-state index contributed by atoms with van der Waals surface area (Å²) in [7, 11) is 0. The fraction of sp³-hybridized carbons (Fsp3) is 0.167. The van der Waals surface area contributed by atoms with Crippen LogP contribution in [0.4, 0.5) is 11.5 Å². The maximum absolute atomic E-state index is 12.4. The van der Waals surface area contributed by atoms with E-state index in [9.17, 15) is 4.79 Å². The van der Waals surface area contributed by atoms with Gasteiger partial charge >= 0.3 is 0 Å². The van der Waals surface area contributed by atoms with Crippen molar-refractivity contribution in [3.05, 3.63) is 71.6 Å². The van der Waals surface area contributed by atoms with Crippen LogP contribution in [0, 0.1) is 13.8 Å². The first kappa shape index (κ1) is 15.7. The van der Waals surface area contributed by atoms with Crippen LogP contribution in [0.25, 0.3) is 0 Å². The summed E-state index contributed by atoms with van der Waals surface area (Å²) in [6.07, 6.45) is 2.97. The quantitative estimate of drug-likeness (QED) is 0.751. The molecule has 0 aliphatic heterocycles. The van der Waals surface area contributed by atoms with Crippen LogP contribution in [-0.4, -0.2) is 15.9 Å². The molecule has 0 aliphatic rings. The number of aryl methyl sites for hydroxylation is 2. The Bertz CT molecular complexity index is 844. The van der Waals surface area contributed by atoms with E-state index >= 15 is 0 Å². The van der Waals surface area contributed by atoms with E-state index in [0.29, 0.717) is 18.1 Å². The van der Waals surface area contributed by atoms with Crippen LogP contribution in [0.5, 0.6) is 0 Å². The van der Waals surface area contributed by atoms with Crippen LogP contribution in [-0.2, 0) is 6.54 Å². The van der Waals surface area contributed by atoms with E-state index in [-0.39, 0.29) is 5.91 Å². The lowest BCUT2D eigenvalue weighted by atomic mass is 10.1. The summed E-state index contributed by atoms with van der Waals surface area (Å²) >= 11 is 0. The molecular formula is C18H18N4O2. The number of benzene rings is 1. The number of aromatic nitrogens is 2. The Kier molecular flexibility index (Phi) is 4.56. The summed E-state index contributed by atoms with van der Waals surface area (Å²) in [5.41, 5.74) is 3.16. The van der Waals surface area contributed by atoms with E-state index in [4.69, 9.17) is 4.42 Å². The van der Waals surface area contributed by atoms with Crippen LogP contribution in [0.2, 0.25) is 0 Å². The van der Waals surface area contributed by atoms with Gasteiger partial charge < -0.3 is 15.1 Å². The lowest BCUT2D eigenvalue weighted by molar-refractivity contribution is 0.102. The summed E-state index contributed by atoms with van der Waals surface area (Å²) in [5, 5.41) is 5.99. The normalized spacial score (nSPS) is 10.4. The second-order valence-corrected chi connectivity index (χ2v) is 5.49. The summed E-state index contributed by atoms with van der Waals surface area (Å²) in [5.74, 6) is 1.08. The van der Waals surface area contributed by atoms with Gasteiger partial charge in [-0.15, -0.1) is 0 Å². The second kappa shape index (κ2) is 6.95. The molecule has 0 radical (unpaired) electrons. The summed E-state index contributed by atoms with van der Waals surface area (Å²) in [6, 6.07) is 11.2. The summed E-state index contributed by atoms with van der Waals surface area (Å²) < 4.78 is 5.25. The fourth-order valence-corrected chi connectivity index (χ4v) is 2.23. The number of nitrogens with one attached hydrogen (secondary N) is 2. The minimum Gasteiger partial charge on any atom is -0.467 e. The first-order chi connectivity index (χ1) is 11.6. The van der Waals surface area contributed by atoms with Crippen molar-refractivity contribution < 1.29 is 9.21 Å². The number of anilines is 2. The molecule has 0 saturated heterocycles. The molecule has 0 spiro atoms. The predicted molar refractivity (Wildman–Crippen MR) is 91.9 cm³/mol. The molecule has 122 valence electrons. The molecule has 0 unspecified atom stereocenters. The van der Waals surface area contributed by atoms with Gasteiger partial charge in [-0.25, -0.2) is 9.97 Å². The van der Waals surface area contributed by atoms with Gasteiger partial charge in [0.1, 0.15) is 23.6 Å². The van der Waals surface area contributed by atoms with Crippen molar-refractivity contribution >= 4 is 17.4 Å². The van der Waals surface area contributed by atoms with Crippen LogP contribution >= 0.6 is 0 Å². The molecule has 0 fully saturated rings. The molecule has 0 saturated carbocycles. The zero-order valence-corrected chi connectivity index (χ0v) is 13.5. The molecule has 24 heavy (non-hydrogen) atoms. The fourth-order valence-electron chi connectivity index (χ4n) is 2.23. The lowest BCUT2D eigenvalue weighted by Gasteiger charge is -2.10.